The van der Waals surface area contributed by atoms with E-state index in [1.165, 1.54) is 21.3 Å². The normalized spacial score (nSPS) is 13.3. The molecule has 0 saturated heterocycles. The molecule has 11 heteroatoms. The first kappa shape index (κ1) is 31.8. The molecule has 1 heterocycles. The minimum atomic E-state index is -3.68. The zero-order valence-electron chi connectivity index (χ0n) is 24.9. The second kappa shape index (κ2) is 13.5. The number of sulfonamides is 1. The Labute approximate surface area is 252 Å². The predicted octanol–water partition coefficient (Wildman–Crippen LogP) is 4.66. The van der Waals surface area contributed by atoms with Gasteiger partial charge in [-0.15, -0.1) is 0 Å². The topological polar surface area (TPSA) is 105 Å². The summed E-state index contributed by atoms with van der Waals surface area (Å²) in [5.41, 5.74) is 1.39. The fourth-order valence-corrected chi connectivity index (χ4v) is 5.79. The third-order valence-corrected chi connectivity index (χ3v) is 8.03. The van der Waals surface area contributed by atoms with Crippen molar-refractivity contribution < 1.29 is 31.9 Å². The minimum Gasteiger partial charge on any atom is -0.454 e. The van der Waals surface area contributed by atoms with Gasteiger partial charge in [-0.1, -0.05) is 42.5 Å². The Hall–Kier alpha value is -4.12. The van der Waals surface area contributed by atoms with Crippen LogP contribution in [0.1, 0.15) is 44.7 Å². The summed E-state index contributed by atoms with van der Waals surface area (Å²) in [6, 6.07) is 19.2. The number of fused-ring (bicyclic) bond motifs is 1. The average Bonchev–Trinajstić information content (AvgIpc) is 3.41. The first-order valence-electron chi connectivity index (χ1n) is 14.1. The molecule has 1 aliphatic heterocycles. The molecule has 0 unspecified atom stereocenters. The molecule has 230 valence electrons. The van der Waals surface area contributed by atoms with Gasteiger partial charge in [0.25, 0.3) is 0 Å². The molecule has 0 radical (unpaired) electrons. The maximum atomic E-state index is 13.9. The van der Waals surface area contributed by atoms with Crippen molar-refractivity contribution in [2.75, 3.05) is 23.9 Å². The molecule has 9 nitrogen and oxygen atoms in total. The van der Waals surface area contributed by atoms with Crippen LogP contribution >= 0.6 is 0 Å². The first-order chi connectivity index (χ1) is 20.3. The number of nitrogens with zero attached hydrogens (tertiary/aromatic N) is 2. The van der Waals surface area contributed by atoms with Crippen molar-refractivity contribution in [3.8, 4) is 11.5 Å². The lowest BCUT2D eigenvalue weighted by molar-refractivity contribution is -0.142. The number of hydrogen-bond acceptors (Lipinski definition) is 6. The largest absolute Gasteiger partial charge is 0.454 e. The monoisotopic (exact) mass is 611 g/mol. The lowest BCUT2D eigenvalue weighted by Crippen LogP contribution is -2.54. The zero-order chi connectivity index (χ0) is 31.2. The van der Waals surface area contributed by atoms with Crippen LogP contribution in [0, 0.1) is 5.82 Å². The van der Waals surface area contributed by atoms with Gasteiger partial charge in [-0.25, -0.2) is 12.8 Å². The summed E-state index contributed by atoms with van der Waals surface area (Å²) < 4.78 is 51.1. The van der Waals surface area contributed by atoms with E-state index < -0.39 is 27.4 Å². The first-order valence-corrected chi connectivity index (χ1v) is 15.9. The third kappa shape index (κ3) is 8.93. The fraction of sp³-hybridized carbons (Fsp3) is 0.375. The van der Waals surface area contributed by atoms with E-state index in [1.807, 2.05) is 51.1 Å². The molecule has 1 N–H and O–H groups in total. The Balaban J connectivity index is 1.58. The van der Waals surface area contributed by atoms with Crippen LogP contribution in [0.15, 0.2) is 72.8 Å². The van der Waals surface area contributed by atoms with Gasteiger partial charge in [0.1, 0.15) is 11.9 Å². The maximum absolute atomic E-state index is 13.9. The summed E-state index contributed by atoms with van der Waals surface area (Å²) in [6.07, 6.45) is 1.54. The van der Waals surface area contributed by atoms with Crippen molar-refractivity contribution >= 4 is 27.5 Å². The van der Waals surface area contributed by atoms with Crippen molar-refractivity contribution in [3.63, 3.8) is 0 Å². The smallest absolute Gasteiger partial charge is 0.243 e. The van der Waals surface area contributed by atoms with Crippen molar-refractivity contribution in [1.82, 2.24) is 10.2 Å². The van der Waals surface area contributed by atoms with E-state index >= 15 is 0 Å². The minimum absolute atomic E-state index is 0.0220. The Kier molecular flexibility index (Phi) is 9.95. The molecule has 1 atom stereocenters. The van der Waals surface area contributed by atoms with Crippen LogP contribution in [0.2, 0.25) is 0 Å². The molecule has 0 aliphatic carbocycles. The van der Waals surface area contributed by atoms with Gasteiger partial charge in [0.2, 0.25) is 28.6 Å². The van der Waals surface area contributed by atoms with E-state index in [0.717, 1.165) is 11.8 Å². The van der Waals surface area contributed by atoms with E-state index in [4.69, 9.17) is 9.47 Å². The second-order valence-corrected chi connectivity index (χ2v) is 13.5. The van der Waals surface area contributed by atoms with Crippen LogP contribution in [0.3, 0.4) is 0 Å². The Morgan fingerprint density at radius 2 is 1.63 bits per heavy atom. The Morgan fingerprint density at radius 3 is 2.28 bits per heavy atom. The predicted molar refractivity (Wildman–Crippen MR) is 163 cm³/mol. The van der Waals surface area contributed by atoms with Crippen LogP contribution in [0.4, 0.5) is 10.1 Å². The quantitative estimate of drug-likeness (QED) is 0.320. The summed E-state index contributed by atoms with van der Waals surface area (Å²) in [7, 11) is -3.68. The molecule has 4 rings (SSSR count). The number of anilines is 1. The molecular weight excluding hydrogens is 573 g/mol. The van der Waals surface area contributed by atoms with E-state index in [1.54, 1.807) is 30.3 Å². The second-order valence-electron chi connectivity index (χ2n) is 11.6. The molecule has 1 aliphatic rings. The number of carbonyl (C=O) groups is 2. The van der Waals surface area contributed by atoms with Gasteiger partial charge in [-0.2, -0.15) is 0 Å². The standard InChI is InChI=1S/C32H38FN3O6S/c1-32(2,3)34-31(38)27(19-23-9-6-5-7-10-23)35(21-24-12-14-25(33)15-13-24)30(37)11-8-18-36(43(4,39)40)26-16-17-28-29(20-26)42-22-41-28/h5-7,9-10,12-17,20,27H,8,11,18-19,21-22H2,1-4H3,(H,34,38)/t27-/m0/s1. The number of amides is 2. The van der Waals surface area contributed by atoms with Gasteiger partial charge < -0.3 is 19.7 Å². The molecule has 2 amide bonds. The van der Waals surface area contributed by atoms with Crippen LogP contribution < -0.4 is 19.1 Å². The van der Waals surface area contributed by atoms with Crippen LogP contribution in [-0.4, -0.2) is 56.3 Å². The van der Waals surface area contributed by atoms with Gasteiger partial charge in [-0.3, -0.25) is 13.9 Å². The van der Waals surface area contributed by atoms with E-state index in [2.05, 4.69) is 5.32 Å². The highest BCUT2D eigenvalue weighted by Crippen LogP contribution is 2.36. The number of ether oxygens (including phenoxy) is 2. The van der Waals surface area contributed by atoms with Crippen molar-refractivity contribution in [2.45, 2.75) is 58.2 Å². The number of carbonyl (C=O) groups excluding carboxylic acids is 2. The Morgan fingerprint density at radius 1 is 0.953 bits per heavy atom. The SMILES string of the molecule is CC(C)(C)NC(=O)[C@H](Cc1ccccc1)N(Cc1ccc(F)cc1)C(=O)CCCN(c1ccc2c(c1)OCO2)S(C)(=O)=O. The molecule has 0 fully saturated rings. The Bertz CT molecular complexity index is 1520. The van der Waals surface area contributed by atoms with Gasteiger partial charge in [0.15, 0.2) is 11.5 Å². The van der Waals surface area contributed by atoms with E-state index in [0.29, 0.717) is 22.7 Å². The molecule has 43 heavy (non-hydrogen) atoms. The molecule has 0 bridgehead atoms. The number of nitrogens with one attached hydrogen (secondary N) is 1. The number of hydrogen-bond donors (Lipinski definition) is 1. The highest BCUT2D eigenvalue weighted by molar-refractivity contribution is 7.92. The molecule has 0 aromatic heterocycles. The number of halogens is 1. The summed E-state index contributed by atoms with van der Waals surface area (Å²) >= 11 is 0. The summed E-state index contributed by atoms with van der Waals surface area (Å²) in [5, 5.41) is 3.00. The zero-order valence-corrected chi connectivity index (χ0v) is 25.7. The van der Waals surface area contributed by atoms with Crippen LogP contribution in [0.5, 0.6) is 11.5 Å². The van der Waals surface area contributed by atoms with Gasteiger partial charge in [0.05, 0.1) is 11.9 Å². The molecule has 3 aromatic carbocycles. The summed E-state index contributed by atoms with van der Waals surface area (Å²) in [5.74, 6) is -0.0705. The number of benzene rings is 3. The van der Waals surface area contributed by atoms with Gasteiger partial charge in [0, 0.05) is 37.5 Å². The molecule has 3 aromatic rings. The van der Waals surface area contributed by atoms with Crippen LogP contribution in [0.25, 0.3) is 0 Å². The van der Waals surface area contributed by atoms with Crippen molar-refractivity contribution in [2.24, 2.45) is 0 Å². The maximum Gasteiger partial charge on any atom is 0.243 e. The van der Waals surface area contributed by atoms with Crippen LogP contribution in [-0.2, 0) is 32.6 Å². The van der Waals surface area contributed by atoms with Gasteiger partial charge in [-0.05, 0) is 62.6 Å². The third-order valence-electron chi connectivity index (χ3n) is 6.83. The van der Waals surface area contributed by atoms with Crippen molar-refractivity contribution in [3.05, 3.63) is 89.7 Å². The molecule has 0 spiro atoms. The average molecular weight is 612 g/mol. The fourth-order valence-electron chi connectivity index (χ4n) is 4.84. The summed E-state index contributed by atoms with van der Waals surface area (Å²) in [4.78, 5) is 29.1. The lowest BCUT2D eigenvalue weighted by Gasteiger charge is -2.34. The molecule has 0 saturated carbocycles. The highest BCUT2D eigenvalue weighted by atomic mass is 32.2. The van der Waals surface area contributed by atoms with Crippen molar-refractivity contribution in [1.29, 1.82) is 0 Å². The lowest BCUT2D eigenvalue weighted by atomic mass is 10.00. The van der Waals surface area contributed by atoms with E-state index in [-0.39, 0.29) is 51.0 Å². The van der Waals surface area contributed by atoms with Gasteiger partial charge >= 0.3 is 0 Å². The molecular formula is C32H38FN3O6S. The highest BCUT2D eigenvalue weighted by Gasteiger charge is 2.32. The number of rotatable bonds is 12. The van der Waals surface area contributed by atoms with E-state index in [9.17, 15) is 22.4 Å². The summed E-state index contributed by atoms with van der Waals surface area (Å²) in [6.45, 7) is 5.77.